The number of hydrogen-bond donors (Lipinski definition) is 1. The van der Waals surface area contributed by atoms with Crippen molar-refractivity contribution in [2.75, 3.05) is 6.54 Å². The molecule has 0 radical (unpaired) electrons. The number of hydrogen-bond acceptors (Lipinski definition) is 1. The second-order valence-electron chi connectivity index (χ2n) is 3.40. The summed E-state index contributed by atoms with van der Waals surface area (Å²) >= 11 is 3.10. The Balaban J connectivity index is 2.54. The van der Waals surface area contributed by atoms with Crippen molar-refractivity contribution in [1.29, 1.82) is 0 Å². The molecule has 17 heavy (non-hydrogen) atoms. The lowest BCUT2D eigenvalue weighted by Gasteiger charge is -2.16. The molecule has 0 fully saturated rings. The molecular weight excluding hydrogens is 309 g/mol. The van der Waals surface area contributed by atoms with Gasteiger partial charge in [-0.2, -0.15) is 8.78 Å². The number of benzene rings is 1. The van der Waals surface area contributed by atoms with Gasteiger partial charge in [-0.3, -0.25) is 0 Å². The summed E-state index contributed by atoms with van der Waals surface area (Å²) in [5, 5.41) is 2.16. The van der Waals surface area contributed by atoms with Gasteiger partial charge in [0.1, 0.15) is 5.82 Å². The molecule has 0 bridgehead atoms. The maximum atomic E-state index is 12.8. The largest absolute Gasteiger partial charge is 0.319 e. The van der Waals surface area contributed by atoms with Crippen molar-refractivity contribution >= 4 is 15.9 Å². The van der Waals surface area contributed by atoms with Crippen molar-refractivity contribution in [2.24, 2.45) is 0 Å². The molecule has 1 rings (SSSR count). The fourth-order valence-electron chi connectivity index (χ4n) is 1.12. The van der Waals surface area contributed by atoms with Crippen LogP contribution in [0, 0.1) is 5.82 Å². The molecule has 0 saturated carbocycles. The van der Waals surface area contributed by atoms with Gasteiger partial charge in [0.25, 0.3) is 0 Å². The average molecular weight is 318 g/mol. The van der Waals surface area contributed by atoms with Gasteiger partial charge < -0.3 is 5.32 Å². The maximum absolute atomic E-state index is 12.8. The van der Waals surface area contributed by atoms with E-state index in [4.69, 9.17) is 0 Å². The maximum Gasteiger partial charge on any atom is 0.319 e. The first-order valence-corrected chi connectivity index (χ1v) is 5.43. The molecule has 0 aliphatic heterocycles. The first-order valence-electron chi connectivity index (χ1n) is 4.63. The summed E-state index contributed by atoms with van der Waals surface area (Å²) < 4.78 is 62.0. The highest BCUT2D eigenvalue weighted by molar-refractivity contribution is 9.10. The molecule has 0 aliphatic carbocycles. The minimum Gasteiger partial charge on any atom is -0.307 e. The van der Waals surface area contributed by atoms with Crippen LogP contribution in [0.4, 0.5) is 22.0 Å². The third kappa shape index (κ3) is 4.23. The summed E-state index contributed by atoms with van der Waals surface area (Å²) in [7, 11) is 0. The molecule has 0 amide bonds. The van der Waals surface area contributed by atoms with Gasteiger partial charge in [0.05, 0.1) is 6.54 Å². The molecule has 0 unspecified atom stereocenters. The van der Waals surface area contributed by atoms with E-state index in [-0.39, 0.29) is 6.54 Å². The van der Waals surface area contributed by atoms with Gasteiger partial charge in [-0.15, -0.1) is 0 Å². The topological polar surface area (TPSA) is 12.0 Å². The summed E-state index contributed by atoms with van der Waals surface area (Å²) in [4.78, 5) is 0. The number of nitrogens with one attached hydrogen (secondary N) is 1. The van der Waals surface area contributed by atoms with Crippen LogP contribution < -0.4 is 5.32 Å². The van der Waals surface area contributed by atoms with E-state index in [0.717, 1.165) is 6.07 Å². The lowest BCUT2D eigenvalue weighted by Crippen LogP contribution is -2.38. The molecular formula is C10H9BrF5N. The highest BCUT2D eigenvalue weighted by Gasteiger charge is 2.39. The van der Waals surface area contributed by atoms with E-state index in [1.54, 1.807) is 0 Å². The third-order valence-corrected chi connectivity index (χ3v) is 2.78. The molecule has 1 aromatic rings. The third-order valence-electron chi connectivity index (χ3n) is 2.00. The Hall–Kier alpha value is -0.690. The molecule has 7 heteroatoms. The Morgan fingerprint density at radius 1 is 1.29 bits per heavy atom. The fourth-order valence-corrected chi connectivity index (χ4v) is 1.51. The van der Waals surface area contributed by atoms with Crippen molar-refractivity contribution in [2.45, 2.75) is 18.9 Å². The van der Waals surface area contributed by atoms with E-state index < -0.39 is 24.7 Å². The van der Waals surface area contributed by atoms with Crippen molar-refractivity contribution in [3.8, 4) is 0 Å². The van der Waals surface area contributed by atoms with Crippen LogP contribution in [-0.2, 0) is 6.54 Å². The summed E-state index contributed by atoms with van der Waals surface area (Å²) in [6.07, 6.45) is -3.72. The van der Waals surface area contributed by atoms with E-state index in [1.807, 2.05) is 0 Å². The van der Waals surface area contributed by atoms with Gasteiger partial charge in [-0.05, 0) is 23.8 Å². The van der Waals surface area contributed by atoms with Gasteiger partial charge in [0, 0.05) is 11.0 Å². The molecule has 0 aliphatic rings. The number of halogens is 6. The average Bonchev–Trinajstić information content (AvgIpc) is 2.22. The van der Waals surface area contributed by atoms with E-state index in [0.29, 0.717) is 10.0 Å². The Morgan fingerprint density at radius 2 is 1.94 bits per heavy atom. The van der Waals surface area contributed by atoms with Crippen LogP contribution in [0.15, 0.2) is 22.7 Å². The van der Waals surface area contributed by atoms with E-state index in [9.17, 15) is 22.0 Å². The Bertz CT molecular complexity index is 383. The molecule has 96 valence electrons. The minimum atomic E-state index is -4.08. The SMILES string of the molecule is Fc1ccc(Br)c(CNCC(F)(F)C(F)F)c1. The molecule has 0 atom stereocenters. The van der Waals surface area contributed by atoms with Crippen LogP contribution >= 0.6 is 15.9 Å². The minimum absolute atomic E-state index is 0.124. The standard InChI is InChI=1S/C10H9BrF5N/c11-8-2-1-7(12)3-6(8)4-17-5-10(15,16)9(13)14/h1-3,9,17H,4-5H2. The molecule has 1 aromatic carbocycles. The quantitative estimate of drug-likeness (QED) is 0.819. The van der Waals surface area contributed by atoms with Gasteiger partial charge >= 0.3 is 12.3 Å². The first kappa shape index (κ1) is 14.4. The zero-order valence-electron chi connectivity index (χ0n) is 8.49. The van der Waals surface area contributed by atoms with E-state index >= 15 is 0 Å². The van der Waals surface area contributed by atoms with Crippen LogP contribution in [0.5, 0.6) is 0 Å². The van der Waals surface area contributed by atoms with Crippen molar-refractivity contribution in [1.82, 2.24) is 5.32 Å². The second kappa shape index (κ2) is 5.77. The Morgan fingerprint density at radius 3 is 2.53 bits per heavy atom. The first-order chi connectivity index (χ1) is 7.83. The zero-order valence-corrected chi connectivity index (χ0v) is 10.1. The summed E-state index contributed by atoms with van der Waals surface area (Å²) in [5.41, 5.74) is 0.384. The van der Waals surface area contributed by atoms with Crippen LogP contribution in [-0.4, -0.2) is 18.9 Å². The Labute approximate surface area is 103 Å². The summed E-state index contributed by atoms with van der Waals surface area (Å²) in [6, 6.07) is 3.75. The van der Waals surface area contributed by atoms with Crippen LogP contribution in [0.1, 0.15) is 5.56 Å². The second-order valence-corrected chi connectivity index (χ2v) is 4.26. The number of alkyl halides is 4. The lowest BCUT2D eigenvalue weighted by molar-refractivity contribution is -0.125. The summed E-state index contributed by atoms with van der Waals surface area (Å²) in [6.45, 7) is -1.28. The Kier molecular flexibility index (Phi) is 4.88. The van der Waals surface area contributed by atoms with Crippen molar-refractivity contribution < 1.29 is 22.0 Å². The molecule has 0 saturated heterocycles. The summed E-state index contributed by atoms with van der Waals surface area (Å²) in [5.74, 6) is -4.61. The van der Waals surface area contributed by atoms with E-state index in [1.165, 1.54) is 12.1 Å². The monoisotopic (exact) mass is 317 g/mol. The van der Waals surface area contributed by atoms with Crippen molar-refractivity contribution in [3.63, 3.8) is 0 Å². The number of rotatable bonds is 5. The normalized spacial score (nSPS) is 12.2. The van der Waals surface area contributed by atoms with Gasteiger partial charge in [0.15, 0.2) is 0 Å². The molecule has 1 nitrogen and oxygen atoms in total. The van der Waals surface area contributed by atoms with Crippen LogP contribution in [0.3, 0.4) is 0 Å². The van der Waals surface area contributed by atoms with Crippen molar-refractivity contribution in [3.05, 3.63) is 34.1 Å². The smallest absolute Gasteiger partial charge is 0.307 e. The highest BCUT2D eigenvalue weighted by atomic mass is 79.9. The predicted molar refractivity (Wildman–Crippen MR) is 56.8 cm³/mol. The zero-order chi connectivity index (χ0) is 13.1. The predicted octanol–water partition coefficient (Wildman–Crippen LogP) is 3.58. The lowest BCUT2D eigenvalue weighted by atomic mass is 10.2. The molecule has 0 heterocycles. The fraction of sp³-hybridized carbons (Fsp3) is 0.400. The van der Waals surface area contributed by atoms with Gasteiger partial charge in [-0.1, -0.05) is 15.9 Å². The van der Waals surface area contributed by atoms with E-state index in [2.05, 4.69) is 21.2 Å². The molecule has 0 spiro atoms. The van der Waals surface area contributed by atoms with Gasteiger partial charge in [-0.25, -0.2) is 13.2 Å². The van der Waals surface area contributed by atoms with Gasteiger partial charge in [0.2, 0.25) is 0 Å². The van der Waals surface area contributed by atoms with Crippen LogP contribution in [0.2, 0.25) is 0 Å². The highest BCUT2D eigenvalue weighted by Crippen LogP contribution is 2.22. The molecule has 1 N–H and O–H groups in total. The van der Waals surface area contributed by atoms with Crippen LogP contribution in [0.25, 0.3) is 0 Å². The molecule has 0 aromatic heterocycles.